The summed E-state index contributed by atoms with van der Waals surface area (Å²) in [5, 5.41) is 0. The van der Waals surface area contributed by atoms with Crippen LogP contribution in [0, 0.1) is 0 Å². The molecule has 0 heterocycles. The highest BCUT2D eigenvalue weighted by Crippen LogP contribution is 2.02. The van der Waals surface area contributed by atoms with Gasteiger partial charge in [-0.05, 0) is 18.4 Å². The molecule has 0 atom stereocenters. The molecule has 0 fully saturated rings. The number of hydrogen-bond donors (Lipinski definition) is 0. The van der Waals surface area contributed by atoms with Crippen LogP contribution < -0.4 is 0 Å². The van der Waals surface area contributed by atoms with E-state index in [1.165, 1.54) is 11.1 Å². The molecule has 0 saturated heterocycles. The van der Waals surface area contributed by atoms with Crippen LogP contribution in [0.2, 0.25) is 0 Å². The minimum absolute atomic E-state index is 1.06. The zero-order chi connectivity index (χ0) is 9.36. The second-order valence-corrected chi connectivity index (χ2v) is 3.02. The lowest BCUT2D eigenvalue weighted by Crippen LogP contribution is -1.80. The molecular formula is C12H13Cl. The molecule has 1 heteroatoms. The maximum atomic E-state index is 5.37. The Morgan fingerprint density at radius 3 is 2.54 bits per heavy atom. The normalized spacial score (nSPS) is 11.5. The van der Waals surface area contributed by atoms with Gasteiger partial charge in [-0.1, -0.05) is 60.2 Å². The lowest BCUT2D eigenvalue weighted by molar-refractivity contribution is 1.00. The molecule has 0 nitrogen and oxygen atoms in total. The Morgan fingerprint density at radius 2 is 1.85 bits per heavy atom. The predicted octanol–water partition coefficient (Wildman–Crippen LogP) is 3.93. The van der Waals surface area contributed by atoms with Gasteiger partial charge in [-0.3, -0.25) is 0 Å². The Morgan fingerprint density at radius 1 is 1.08 bits per heavy atom. The quantitative estimate of drug-likeness (QED) is 0.635. The first-order chi connectivity index (χ1) is 6.43. The van der Waals surface area contributed by atoms with Crippen LogP contribution in [0.3, 0.4) is 0 Å². The molecule has 0 bridgehead atoms. The number of halogens is 1. The Bertz CT molecular complexity index is 272. The number of allylic oxidation sites excluding steroid dienone is 3. The van der Waals surface area contributed by atoms with E-state index < -0.39 is 0 Å². The highest BCUT2D eigenvalue weighted by Gasteiger charge is 1.86. The second-order valence-electron chi connectivity index (χ2n) is 2.77. The van der Waals surface area contributed by atoms with E-state index in [2.05, 4.69) is 30.3 Å². The van der Waals surface area contributed by atoms with Gasteiger partial charge in [-0.2, -0.15) is 0 Å². The fraction of sp³-hybridized carbons (Fsp3) is 0.167. The van der Waals surface area contributed by atoms with Crippen LogP contribution in [-0.2, 0) is 6.42 Å². The van der Waals surface area contributed by atoms with Crippen molar-refractivity contribution in [3.8, 4) is 0 Å². The standard InChI is InChI=1S/C12H13Cl/c13-11-7-2-1-4-8-12-9-5-3-6-10-12/h1-3,5-7,9-11H,4,8H2/b2-1+,11-7+. The molecule has 0 saturated carbocycles. The molecule has 0 radical (unpaired) electrons. The summed E-state index contributed by atoms with van der Waals surface area (Å²) in [5.41, 5.74) is 2.89. The molecule has 0 spiro atoms. The number of benzene rings is 1. The van der Waals surface area contributed by atoms with Gasteiger partial charge in [0.15, 0.2) is 0 Å². The highest BCUT2D eigenvalue weighted by molar-refractivity contribution is 6.25. The third-order valence-electron chi connectivity index (χ3n) is 1.76. The van der Waals surface area contributed by atoms with Crippen LogP contribution >= 0.6 is 11.6 Å². The van der Waals surface area contributed by atoms with Crippen molar-refractivity contribution in [2.75, 3.05) is 0 Å². The van der Waals surface area contributed by atoms with E-state index in [0.29, 0.717) is 0 Å². The minimum atomic E-state index is 1.06. The average Bonchev–Trinajstić information content (AvgIpc) is 2.19. The van der Waals surface area contributed by atoms with Gasteiger partial charge in [0.05, 0.1) is 0 Å². The van der Waals surface area contributed by atoms with E-state index in [4.69, 9.17) is 11.6 Å². The van der Waals surface area contributed by atoms with E-state index >= 15 is 0 Å². The summed E-state index contributed by atoms with van der Waals surface area (Å²) < 4.78 is 0. The van der Waals surface area contributed by atoms with Crippen molar-refractivity contribution in [2.45, 2.75) is 12.8 Å². The number of aryl methyl sites for hydroxylation is 1. The third-order valence-corrected chi connectivity index (χ3v) is 1.91. The minimum Gasteiger partial charge on any atom is -0.0930 e. The number of rotatable bonds is 4. The smallest absolute Gasteiger partial charge is 0.00423 e. The van der Waals surface area contributed by atoms with E-state index in [1.54, 1.807) is 0 Å². The first-order valence-corrected chi connectivity index (χ1v) is 4.83. The van der Waals surface area contributed by atoms with Gasteiger partial charge in [0.1, 0.15) is 0 Å². The van der Waals surface area contributed by atoms with Crippen LogP contribution in [0.15, 0.2) is 54.1 Å². The lowest BCUT2D eigenvalue weighted by atomic mass is 10.1. The molecule has 0 amide bonds. The molecule has 0 aliphatic rings. The summed E-state index contributed by atoms with van der Waals surface area (Å²) in [6, 6.07) is 10.5. The van der Waals surface area contributed by atoms with Gasteiger partial charge in [-0.25, -0.2) is 0 Å². The highest BCUT2D eigenvalue weighted by atomic mass is 35.5. The van der Waals surface area contributed by atoms with Gasteiger partial charge in [0.2, 0.25) is 0 Å². The van der Waals surface area contributed by atoms with Crippen molar-refractivity contribution in [1.29, 1.82) is 0 Å². The fourth-order valence-corrected chi connectivity index (χ4v) is 1.20. The Labute approximate surface area is 84.5 Å². The largest absolute Gasteiger partial charge is 0.0930 e. The van der Waals surface area contributed by atoms with Gasteiger partial charge >= 0.3 is 0 Å². The first-order valence-electron chi connectivity index (χ1n) is 4.39. The van der Waals surface area contributed by atoms with Gasteiger partial charge in [-0.15, -0.1) is 0 Å². The van der Waals surface area contributed by atoms with Gasteiger partial charge in [0, 0.05) is 5.54 Å². The molecule has 1 rings (SSSR count). The molecule has 0 unspecified atom stereocenters. The first kappa shape index (κ1) is 10.1. The maximum Gasteiger partial charge on any atom is 0.00423 e. The molecular weight excluding hydrogens is 180 g/mol. The van der Waals surface area contributed by atoms with E-state index in [1.807, 2.05) is 18.2 Å². The molecule has 1 aromatic carbocycles. The van der Waals surface area contributed by atoms with Crippen molar-refractivity contribution < 1.29 is 0 Å². The zero-order valence-electron chi connectivity index (χ0n) is 7.49. The summed E-state index contributed by atoms with van der Waals surface area (Å²) >= 11 is 5.37. The molecule has 68 valence electrons. The molecule has 0 aliphatic carbocycles. The number of hydrogen-bond acceptors (Lipinski definition) is 0. The average molecular weight is 193 g/mol. The SMILES string of the molecule is Cl/C=C/C=C/CCc1ccccc1. The van der Waals surface area contributed by atoms with Crippen LogP contribution in [0.25, 0.3) is 0 Å². The molecule has 0 N–H and O–H groups in total. The van der Waals surface area contributed by atoms with Gasteiger partial charge < -0.3 is 0 Å². The second kappa shape index (κ2) is 6.50. The molecule has 13 heavy (non-hydrogen) atoms. The van der Waals surface area contributed by atoms with E-state index in [-0.39, 0.29) is 0 Å². The van der Waals surface area contributed by atoms with Crippen molar-refractivity contribution in [3.63, 3.8) is 0 Å². The Kier molecular flexibility index (Phi) is 5.04. The van der Waals surface area contributed by atoms with Crippen molar-refractivity contribution in [3.05, 3.63) is 59.7 Å². The van der Waals surface area contributed by atoms with Crippen LogP contribution in [0.1, 0.15) is 12.0 Å². The molecule has 1 aromatic rings. The van der Waals surface area contributed by atoms with Crippen LogP contribution in [0.4, 0.5) is 0 Å². The van der Waals surface area contributed by atoms with Crippen molar-refractivity contribution in [2.24, 2.45) is 0 Å². The van der Waals surface area contributed by atoms with Crippen LogP contribution in [-0.4, -0.2) is 0 Å². The fourth-order valence-electron chi connectivity index (χ4n) is 1.11. The van der Waals surface area contributed by atoms with Crippen molar-refractivity contribution in [1.82, 2.24) is 0 Å². The zero-order valence-corrected chi connectivity index (χ0v) is 8.24. The predicted molar refractivity (Wildman–Crippen MR) is 58.9 cm³/mol. The molecule has 0 aromatic heterocycles. The topological polar surface area (TPSA) is 0 Å². The summed E-state index contributed by atoms with van der Waals surface area (Å²) in [6.45, 7) is 0. The summed E-state index contributed by atoms with van der Waals surface area (Å²) in [5.74, 6) is 0. The van der Waals surface area contributed by atoms with Crippen molar-refractivity contribution >= 4 is 11.6 Å². The van der Waals surface area contributed by atoms with Gasteiger partial charge in [0.25, 0.3) is 0 Å². The summed E-state index contributed by atoms with van der Waals surface area (Å²) in [6.07, 6.45) is 8.06. The maximum absolute atomic E-state index is 5.37. The Hall–Kier alpha value is -1.01. The lowest BCUT2D eigenvalue weighted by Gasteiger charge is -1.95. The third kappa shape index (κ3) is 4.54. The van der Waals surface area contributed by atoms with E-state index in [9.17, 15) is 0 Å². The van der Waals surface area contributed by atoms with Crippen LogP contribution in [0.5, 0.6) is 0 Å². The monoisotopic (exact) mass is 192 g/mol. The Balaban J connectivity index is 2.28. The summed E-state index contributed by atoms with van der Waals surface area (Å²) in [4.78, 5) is 0. The van der Waals surface area contributed by atoms with E-state index in [0.717, 1.165) is 12.8 Å². The molecule has 0 aliphatic heterocycles. The summed E-state index contributed by atoms with van der Waals surface area (Å²) in [7, 11) is 0.